The minimum atomic E-state index is -0.645. The average Bonchev–Trinajstić information content (AvgIpc) is 3.07. The van der Waals surface area contributed by atoms with Crippen LogP contribution in [0.25, 0.3) is 10.6 Å². The first-order valence-electron chi connectivity index (χ1n) is 8.52. The molecule has 6 nitrogen and oxygen atoms in total. The third-order valence-corrected chi connectivity index (χ3v) is 4.95. The second-order valence-electron chi connectivity index (χ2n) is 6.44. The first-order chi connectivity index (χ1) is 12.3. The summed E-state index contributed by atoms with van der Waals surface area (Å²) >= 11 is 1.19. The van der Waals surface area contributed by atoms with Crippen LogP contribution in [0.15, 0.2) is 24.3 Å². The van der Waals surface area contributed by atoms with Crippen molar-refractivity contribution in [3.05, 3.63) is 30.1 Å². The number of amides is 2. The number of rotatable bonds is 7. The highest BCUT2D eigenvalue weighted by Crippen LogP contribution is 2.26. The quantitative estimate of drug-likeness (QED) is 0.773. The zero-order chi connectivity index (χ0) is 19.3. The number of hydrogen-bond acceptors (Lipinski definition) is 5. The monoisotopic (exact) mass is 378 g/mol. The average molecular weight is 378 g/mol. The Morgan fingerprint density at radius 3 is 2.35 bits per heavy atom. The molecule has 2 aromatic rings. The molecule has 0 radical (unpaired) electrons. The molecular weight excluding hydrogens is 355 g/mol. The number of hydrogen-bond donors (Lipinski definition) is 2. The van der Waals surface area contributed by atoms with Gasteiger partial charge in [0.05, 0.1) is 0 Å². The lowest BCUT2D eigenvalue weighted by Gasteiger charge is -2.23. The lowest BCUT2D eigenvalue weighted by Crippen LogP contribution is -2.48. The Bertz CT molecular complexity index is 761. The van der Waals surface area contributed by atoms with Crippen molar-refractivity contribution in [3.8, 4) is 10.6 Å². The van der Waals surface area contributed by atoms with E-state index in [2.05, 4.69) is 20.8 Å². The smallest absolute Gasteiger partial charge is 0.249 e. The largest absolute Gasteiger partial charge is 0.344 e. The molecule has 8 heteroatoms. The fourth-order valence-corrected chi connectivity index (χ4v) is 2.94. The van der Waals surface area contributed by atoms with Gasteiger partial charge in [-0.1, -0.05) is 45.5 Å². The van der Waals surface area contributed by atoms with E-state index in [1.807, 2.05) is 13.8 Å². The Morgan fingerprint density at radius 1 is 1.12 bits per heavy atom. The van der Waals surface area contributed by atoms with Gasteiger partial charge in [0, 0.05) is 11.5 Å². The van der Waals surface area contributed by atoms with Gasteiger partial charge in [-0.15, -0.1) is 10.2 Å². The molecule has 0 saturated heterocycles. The fourth-order valence-electron chi connectivity index (χ4n) is 2.19. The van der Waals surface area contributed by atoms with Gasteiger partial charge in [-0.05, 0) is 30.2 Å². The maximum atomic E-state index is 13.0. The summed E-state index contributed by atoms with van der Waals surface area (Å²) in [6.45, 7) is 7.43. The molecule has 2 atom stereocenters. The van der Waals surface area contributed by atoms with E-state index in [9.17, 15) is 14.0 Å². The van der Waals surface area contributed by atoms with E-state index in [0.717, 1.165) is 12.0 Å². The predicted octanol–water partition coefficient (Wildman–Crippen LogP) is 3.47. The van der Waals surface area contributed by atoms with E-state index in [1.54, 1.807) is 26.0 Å². The molecular formula is C18H23FN4O2S. The molecule has 2 rings (SSSR count). The number of nitrogens with zero attached hydrogens (tertiary/aromatic N) is 2. The summed E-state index contributed by atoms with van der Waals surface area (Å²) in [5.74, 6) is -1.06. The van der Waals surface area contributed by atoms with E-state index < -0.39 is 6.04 Å². The standard InChI is InChI=1S/C18H23FN4O2S/c1-5-11(4)14(20-15(24)10(2)3)16(25)21-18-23-22-17(26-18)12-6-8-13(19)9-7-12/h6-11,14H,5H2,1-4H3,(H,20,24)(H,21,23,25)/t11-,14+/m0/s1. The molecule has 0 fully saturated rings. The lowest BCUT2D eigenvalue weighted by atomic mass is 9.97. The number of benzene rings is 1. The zero-order valence-electron chi connectivity index (χ0n) is 15.2. The summed E-state index contributed by atoms with van der Waals surface area (Å²) in [5, 5.41) is 14.4. The molecule has 0 aliphatic rings. The second-order valence-corrected chi connectivity index (χ2v) is 7.41. The van der Waals surface area contributed by atoms with Crippen molar-refractivity contribution in [1.29, 1.82) is 0 Å². The highest BCUT2D eigenvalue weighted by molar-refractivity contribution is 7.18. The molecule has 0 aliphatic heterocycles. The van der Waals surface area contributed by atoms with Gasteiger partial charge in [0.1, 0.15) is 16.9 Å². The molecule has 1 heterocycles. The van der Waals surface area contributed by atoms with Crippen LogP contribution >= 0.6 is 11.3 Å². The van der Waals surface area contributed by atoms with Crippen LogP contribution in [0.5, 0.6) is 0 Å². The van der Waals surface area contributed by atoms with Crippen LogP contribution < -0.4 is 10.6 Å². The van der Waals surface area contributed by atoms with Gasteiger partial charge in [0.25, 0.3) is 0 Å². The predicted molar refractivity (Wildman–Crippen MR) is 100 cm³/mol. The molecule has 140 valence electrons. The molecule has 2 N–H and O–H groups in total. The Morgan fingerprint density at radius 2 is 1.77 bits per heavy atom. The Hall–Kier alpha value is -2.35. The van der Waals surface area contributed by atoms with Gasteiger partial charge in [-0.3, -0.25) is 14.9 Å². The van der Waals surface area contributed by atoms with Crippen molar-refractivity contribution < 1.29 is 14.0 Å². The van der Waals surface area contributed by atoms with Crippen molar-refractivity contribution in [2.45, 2.75) is 40.2 Å². The number of aromatic nitrogens is 2. The van der Waals surface area contributed by atoms with Gasteiger partial charge in [0.15, 0.2) is 0 Å². The summed E-state index contributed by atoms with van der Waals surface area (Å²) in [6.07, 6.45) is 0.743. The third kappa shape index (κ3) is 5.08. The number of halogens is 1. The van der Waals surface area contributed by atoms with E-state index in [1.165, 1.54) is 23.5 Å². The van der Waals surface area contributed by atoms with Crippen LogP contribution in [0.4, 0.5) is 9.52 Å². The highest BCUT2D eigenvalue weighted by atomic mass is 32.1. The fraction of sp³-hybridized carbons (Fsp3) is 0.444. The summed E-state index contributed by atoms with van der Waals surface area (Å²) in [4.78, 5) is 24.6. The second kappa shape index (κ2) is 8.84. The number of anilines is 1. The van der Waals surface area contributed by atoms with E-state index in [-0.39, 0.29) is 29.5 Å². The number of carbonyl (C=O) groups excluding carboxylic acids is 2. The van der Waals surface area contributed by atoms with Crippen LogP contribution in [0, 0.1) is 17.7 Å². The summed E-state index contributed by atoms with van der Waals surface area (Å²) in [6, 6.07) is 5.25. The van der Waals surface area contributed by atoms with Gasteiger partial charge in [0.2, 0.25) is 16.9 Å². The Balaban J connectivity index is 2.11. The normalized spacial score (nSPS) is 13.3. The van der Waals surface area contributed by atoms with Crippen LogP contribution in [0.2, 0.25) is 0 Å². The van der Waals surface area contributed by atoms with Crippen molar-refractivity contribution in [2.24, 2.45) is 11.8 Å². The van der Waals surface area contributed by atoms with Crippen molar-refractivity contribution in [1.82, 2.24) is 15.5 Å². The maximum absolute atomic E-state index is 13.0. The van der Waals surface area contributed by atoms with Gasteiger partial charge in [-0.25, -0.2) is 4.39 Å². The van der Waals surface area contributed by atoms with Crippen molar-refractivity contribution >= 4 is 28.3 Å². The van der Waals surface area contributed by atoms with Gasteiger partial charge < -0.3 is 5.32 Å². The van der Waals surface area contributed by atoms with Gasteiger partial charge >= 0.3 is 0 Å². The van der Waals surface area contributed by atoms with E-state index in [0.29, 0.717) is 10.1 Å². The minimum Gasteiger partial charge on any atom is -0.344 e. The van der Waals surface area contributed by atoms with E-state index in [4.69, 9.17) is 0 Å². The Labute approximate surface area is 156 Å². The lowest BCUT2D eigenvalue weighted by molar-refractivity contribution is -0.129. The van der Waals surface area contributed by atoms with Crippen LogP contribution in [0.3, 0.4) is 0 Å². The molecule has 0 unspecified atom stereocenters. The maximum Gasteiger partial charge on any atom is 0.249 e. The van der Waals surface area contributed by atoms with Crippen LogP contribution in [-0.2, 0) is 9.59 Å². The molecule has 0 bridgehead atoms. The minimum absolute atomic E-state index is 0.0257. The van der Waals surface area contributed by atoms with Crippen molar-refractivity contribution in [2.75, 3.05) is 5.32 Å². The summed E-state index contributed by atoms with van der Waals surface area (Å²) < 4.78 is 13.0. The van der Waals surface area contributed by atoms with Crippen LogP contribution in [-0.4, -0.2) is 28.1 Å². The first kappa shape index (κ1) is 20.0. The molecule has 0 aliphatic carbocycles. The first-order valence-corrected chi connectivity index (χ1v) is 9.34. The molecule has 2 amide bonds. The SMILES string of the molecule is CC[C@H](C)[C@@H](NC(=O)C(C)C)C(=O)Nc1nnc(-c2ccc(F)cc2)s1. The third-order valence-electron chi connectivity index (χ3n) is 4.06. The molecule has 0 saturated carbocycles. The van der Waals surface area contributed by atoms with Crippen LogP contribution in [0.1, 0.15) is 34.1 Å². The molecule has 0 spiro atoms. The molecule has 1 aromatic heterocycles. The molecule has 1 aromatic carbocycles. The summed E-state index contributed by atoms with van der Waals surface area (Å²) in [7, 11) is 0. The zero-order valence-corrected chi connectivity index (χ0v) is 16.1. The Kier molecular flexibility index (Phi) is 6.79. The highest BCUT2D eigenvalue weighted by Gasteiger charge is 2.27. The number of carbonyl (C=O) groups is 2. The van der Waals surface area contributed by atoms with Gasteiger partial charge in [-0.2, -0.15) is 0 Å². The molecule has 26 heavy (non-hydrogen) atoms. The number of nitrogens with one attached hydrogen (secondary N) is 2. The van der Waals surface area contributed by atoms with E-state index >= 15 is 0 Å². The summed E-state index contributed by atoms with van der Waals surface area (Å²) in [5.41, 5.74) is 0.719. The van der Waals surface area contributed by atoms with Crippen molar-refractivity contribution in [3.63, 3.8) is 0 Å². The topological polar surface area (TPSA) is 84.0 Å².